The third kappa shape index (κ3) is 5.51. The fraction of sp³-hybridized carbons (Fsp3) is 0.462. The number of nitrogens with zero attached hydrogens (tertiary/aromatic N) is 1. The molecule has 0 aliphatic carbocycles. The SMILES string of the molecule is CN(CC(C)(C)O)C(=O)NCc1ccc(Br)cc1. The number of likely N-dealkylation sites (N-methyl/N-ethyl adjacent to an activating group) is 1. The van der Waals surface area contributed by atoms with Crippen LogP contribution in [0.2, 0.25) is 0 Å². The highest BCUT2D eigenvalue weighted by Crippen LogP contribution is 2.10. The van der Waals surface area contributed by atoms with E-state index in [1.54, 1.807) is 20.9 Å². The molecule has 18 heavy (non-hydrogen) atoms. The number of benzene rings is 1. The predicted molar refractivity (Wildman–Crippen MR) is 75.3 cm³/mol. The lowest BCUT2D eigenvalue weighted by atomic mass is 10.1. The molecule has 0 spiro atoms. The van der Waals surface area contributed by atoms with Crippen LogP contribution < -0.4 is 5.32 Å². The Morgan fingerprint density at radius 1 is 1.39 bits per heavy atom. The number of urea groups is 1. The molecule has 1 aromatic rings. The van der Waals surface area contributed by atoms with E-state index in [4.69, 9.17) is 0 Å². The minimum Gasteiger partial charge on any atom is -0.389 e. The van der Waals surface area contributed by atoms with E-state index in [1.165, 1.54) is 4.90 Å². The molecular formula is C13H19BrN2O2. The van der Waals surface area contributed by atoms with Gasteiger partial charge in [0.05, 0.1) is 12.1 Å². The van der Waals surface area contributed by atoms with Crippen molar-refractivity contribution in [3.8, 4) is 0 Å². The normalized spacial score (nSPS) is 11.2. The minimum atomic E-state index is -0.885. The maximum Gasteiger partial charge on any atom is 0.317 e. The van der Waals surface area contributed by atoms with Crippen molar-refractivity contribution in [2.75, 3.05) is 13.6 Å². The molecule has 0 radical (unpaired) electrons. The monoisotopic (exact) mass is 314 g/mol. The molecule has 2 amide bonds. The summed E-state index contributed by atoms with van der Waals surface area (Å²) < 4.78 is 1.01. The molecule has 0 bridgehead atoms. The molecule has 4 nitrogen and oxygen atoms in total. The molecule has 0 fully saturated rings. The van der Waals surface area contributed by atoms with Crippen LogP contribution in [0.15, 0.2) is 28.7 Å². The van der Waals surface area contributed by atoms with Gasteiger partial charge < -0.3 is 15.3 Å². The first-order chi connectivity index (χ1) is 8.28. The van der Waals surface area contributed by atoms with E-state index in [9.17, 15) is 9.90 Å². The van der Waals surface area contributed by atoms with Crippen LogP contribution in [0.4, 0.5) is 4.79 Å². The van der Waals surface area contributed by atoms with Crippen LogP contribution in [0.25, 0.3) is 0 Å². The summed E-state index contributed by atoms with van der Waals surface area (Å²) >= 11 is 3.36. The molecule has 0 aliphatic rings. The van der Waals surface area contributed by atoms with Gasteiger partial charge in [-0.15, -0.1) is 0 Å². The van der Waals surface area contributed by atoms with Crippen molar-refractivity contribution in [2.24, 2.45) is 0 Å². The summed E-state index contributed by atoms with van der Waals surface area (Å²) in [6.07, 6.45) is 0. The van der Waals surface area contributed by atoms with E-state index in [0.717, 1.165) is 10.0 Å². The number of hydrogen-bond acceptors (Lipinski definition) is 2. The van der Waals surface area contributed by atoms with Crippen LogP contribution in [0.3, 0.4) is 0 Å². The lowest BCUT2D eigenvalue weighted by molar-refractivity contribution is 0.0531. The third-order valence-electron chi connectivity index (χ3n) is 2.33. The van der Waals surface area contributed by atoms with Crippen LogP contribution >= 0.6 is 15.9 Å². The van der Waals surface area contributed by atoms with Gasteiger partial charge in [0.1, 0.15) is 0 Å². The van der Waals surface area contributed by atoms with E-state index < -0.39 is 5.60 Å². The Kier molecular flexibility index (Phi) is 5.16. The molecule has 0 unspecified atom stereocenters. The van der Waals surface area contributed by atoms with Gasteiger partial charge >= 0.3 is 6.03 Å². The van der Waals surface area contributed by atoms with E-state index in [2.05, 4.69) is 21.2 Å². The van der Waals surface area contributed by atoms with Crippen molar-refractivity contribution < 1.29 is 9.90 Å². The third-order valence-corrected chi connectivity index (χ3v) is 2.86. The lowest BCUT2D eigenvalue weighted by Gasteiger charge is -2.25. The van der Waals surface area contributed by atoms with Gasteiger partial charge in [0.2, 0.25) is 0 Å². The molecule has 100 valence electrons. The van der Waals surface area contributed by atoms with Crippen LogP contribution in [0.5, 0.6) is 0 Å². The van der Waals surface area contributed by atoms with Crippen LogP contribution in [0, 0.1) is 0 Å². The summed E-state index contributed by atoms with van der Waals surface area (Å²) in [5.41, 5.74) is 0.146. The van der Waals surface area contributed by atoms with Crippen molar-refractivity contribution in [3.63, 3.8) is 0 Å². The number of halogens is 1. The molecule has 0 heterocycles. The smallest absolute Gasteiger partial charge is 0.317 e. The van der Waals surface area contributed by atoms with Crippen molar-refractivity contribution in [3.05, 3.63) is 34.3 Å². The average Bonchev–Trinajstić information content (AvgIpc) is 2.25. The zero-order valence-corrected chi connectivity index (χ0v) is 12.5. The number of aliphatic hydroxyl groups is 1. The van der Waals surface area contributed by atoms with Crippen LogP contribution in [0.1, 0.15) is 19.4 Å². The highest BCUT2D eigenvalue weighted by molar-refractivity contribution is 9.10. The van der Waals surface area contributed by atoms with Crippen LogP contribution in [-0.2, 0) is 6.54 Å². The standard InChI is InChI=1S/C13H19BrN2O2/c1-13(2,18)9-16(3)12(17)15-8-10-4-6-11(14)7-5-10/h4-7,18H,8-9H2,1-3H3,(H,15,17). The van der Waals surface area contributed by atoms with Gasteiger partial charge in [0.15, 0.2) is 0 Å². The Morgan fingerprint density at radius 2 is 1.94 bits per heavy atom. The van der Waals surface area contributed by atoms with Crippen molar-refractivity contribution in [1.29, 1.82) is 0 Å². The molecule has 0 saturated heterocycles. The van der Waals surface area contributed by atoms with Gasteiger partial charge in [-0.25, -0.2) is 4.79 Å². The molecule has 0 saturated carbocycles. The number of nitrogens with one attached hydrogen (secondary N) is 1. The van der Waals surface area contributed by atoms with E-state index >= 15 is 0 Å². The Bertz CT molecular complexity index is 398. The first kappa shape index (κ1) is 15.0. The second-order valence-corrected chi connectivity index (χ2v) is 5.87. The van der Waals surface area contributed by atoms with Gasteiger partial charge in [-0.1, -0.05) is 28.1 Å². The van der Waals surface area contributed by atoms with E-state index in [-0.39, 0.29) is 6.03 Å². The Labute approximate surface area is 116 Å². The van der Waals surface area contributed by atoms with Crippen molar-refractivity contribution >= 4 is 22.0 Å². The highest BCUT2D eigenvalue weighted by atomic mass is 79.9. The molecule has 0 aliphatic heterocycles. The predicted octanol–water partition coefficient (Wildman–Crippen LogP) is 2.36. The van der Waals surface area contributed by atoms with Gasteiger partial charge in [-0.2, -0.15) is 0 Å². The second-order valence-electron chi connectivity index (χ2n) is 4.95. The summed E-state index contributed by atoms with van der Waals surface area (Å²) in [7, 11) is 1.66. The summed E-state index contributed by atoms with van der Waals surface area (Å²) in [6, 6.07) is 7.56. The summed E-state index contributed by atoms with van der Waals surface area (Å²) in [4.78, 5) is 13.2. The Balaban J connectivity index is 2.43. The fourth-order valence-electron chi connectivity index (χ4n) is 1.57. The zero-order valence-electron chi connectivity index (χ0n) is 10.9. The highest BCUT2D eigenvalue weighted by Gasteiger charge is 2.18. The minimum absolute atomic E-state index is 0.194. The Morgan fingerprint density at radius 3 is 2.44 bits per heavy atom. The number of rotatable bonds is 4. The molecule has 0 atom stereocenters. The summed E-state index contributed by atoms with van der Waals surface area (Å²) in [5.74, 6) is 0. The average molecular weight is 315 g/mol. The van der Waals surface area contributed by atoms with Gasteiger partial charge in [0.25, 0.3) is 0 Å². The largest absolute Gasteiger partial charge is 0.389 e. The van der Waals surface area contributed by atoms with Crippen molar-refractivity contribution in [2.45, 2.75) is 26.0 Å². The molecular weight excluding hydrogens is 296 g/mol. The fourth-order valence-corrected chi connectivity index (χ4v) is 1.83. The lowest BCUT2D eigenvalue weighted by Crippen LogP contribution is -2.44. The maximum atomic E-state index is 11.8. The molecule has 1 rings (SSSR count). The zero-order chi connectivity index (χ0) is 13.8. The number of carbonyl (C=O) groups excluding carboxylic acids is 1. The molecule has 1 aromatic carbocycles. The second kappa shape index (κ2) is 6.20. The first-order valence-corrected chi connectivity index (χ1v) is 6.53. The van der Waals surface area contributed by atoms with Gasteiger partial charge in [0, 0.05) is 18.1 Å². The van der Waals surface area contributed by atoms with Crippen molar-refractivity contribution in [1.82, 2.24) is 10.2 Å². The summed E-state index contributed by atoms with van der Waals surface area (Å²) in [6.45, 7) is 4.11. The number of amides is 2. The van der Waals surface area contributed by atoms with Crippen LogP contribution in [-0.4, -0.2) is 35.2 Å². The van der Waals surface area contributed by atoms with E-state index in [0.29, 0.717) is 13.1 Å². The molecule has 5 heteroatoms. The Hall–Kier alpha value is -1.07. The van der Waals surface area contributed by atoms with E-state index in [1.807, 2.05) is 24.3 Å². The quantitative estimate of drug-likeness (QED) is 0.896. The first-order valence-electron chi connectivity index (χ1n) is 5.74. The molecule has 0 aromatic heterocycles. The maximum absolute atomic E-state index is 11.8. The number of hydrogen-bond donors (Lipinski definition) is 2. The summed E-state index contributed by atoms with van der Waals surface area (Å²) in [5, 5.41) is 12.4. The molecule has 2 N–H and O–H groups in total. The topological polar surface area (TPSA) is 52.6 Å². The van der Waals surface area contributed by atoms with Gasteiger partial charge in [-0.05, 0) is 31.5 Å². The van der Waals surface area contributed by atoms with Gasteiger partial charge in [-0.3, -0.25) is 0 Å². The number of carbonyl (C=O) groups is 1.